The molecular weight excluding hydrogens is 504 g/mol. The first-order chi connectivity index (χ1) is 19.4. The van der Waals surface area contributed by atoms with Crippen LogP contribution in [-0.2, 0) is 16.0 Å². The van der Waals surface area contributed by atoms with Gasteiger partial charge in [-0.3, -0.25) is 19.2 Å². The highest BCUT2D eigenvalue weighted by Gasteiger charge is 2.22. The van der Waals surface area contributed by atoms with Crippen molar-refractivity contribution < 1.29 is 24.3 Å². The Balaban J connectivity index is 1.33. The van der Waals surface area contributed by atoms with Gasteiger partial charge in [-0.15, -0.1) is 0 Å². The first-order valence-corrected chi connectivity index (χ1v) is 13.0. The first kappa shape index (κ1) is 28.0. The van der Waals surface area contributed by atoms with E-state index in [1.54, 1.807) is 24.3 Å². The van der Waals surface area contributed by atoms with E-state index in [1.807, 2.05) is 78.9 Å². The van der Waals surface area contributed by atoms with E-state index in [9.17, 15) is 19.2 Å². The van der Waals surface area contributed by atoms with Crippen molar-refractivity contribution in [2.24, 2.45) is 0 Å². The molecule has 0 radical (unpaired) electrons. The van der Waals surface area contributed by atoms with Gasteiger partial charge in [-0.2, -0.15) is 0 Å². The predicted octanol–water partition coefficient (Wildman–Crippen LogP) is 5.16. The molecule has 0 spiro atoms. The summed E-state index contributed by atoms with van der Waals surface area (Å²) in [6.07, 6.45) is 1.10. The molecule has 7 heteroatoms. The van der Waals surface area contributed by atoms with Crippen molar-refractivity contribution in [3.8, 4) is 22.3 Å². The highest BCUT2D eigenvalue weighted by Crippen LogP contribution is 2.21. The van der Waals surface area contributed by atoms with Crippen LogP contribution in [0.5, 0.6) is 0 Å². The van der Waals surface area contributed by atoms with Gasteiger partial charge in [-0.1, -0.05) is 91.0 Å². The average Bonchev–Trinajstić information content (AvgIpc) is 3.00. The van der Waals surface area contributed by atoms with Crippen LogP contribution < -0.4 is 10.6 Å². The summed E-state index contributed by atoms with van der Waals surface area (Å²) < 4.78 is 0. The number of benzene rings is 4. The van der Waals surface area contributed by atoms with E-state index in [1.165, 1.54) is 0 Å². The summed E-state index contributed by atoms with van der Waals surface area (Å²) in [5.74, 6) is -1.91. The molecule has 0 aliphatic heterocycles. The number of carboxylic acids is 1. The zero-order chi connectivity index (χ0) is 28.3. The van der Waals surface area contributed by atoms with Gasteiger partial charge in [0.1, 0.15) is 12.3 Å². The summed E-state index contributed by atoms with van der Waals surface area (Å²) in [5, 5.41) is 14.6. The number of carbonyl (C=O) groups excluding carboxylic acids is 3. The minimum Gasteiger partial charge on any atom is -0.481 e. The van der Waals surface area contributed by atoms with Crippen LogP contribution in [0.4, 0.5) is 0 Å². The van der Waals surface area contributed by atoms with Crippen LogP contribution in [0, 0.1) is 0 Å². The SMILES string of the molecule is O=Cc1ccc(-c2ccc(CCNC(=O)[C@H](CCC(=O)O)NC(=O)c3ccc(-c4ccccc4)cc3)cc2)cc1. The molecule has 40 heavy (non-hydrogen) atoms. The number of nitrogens with one attached hydrogen (secondary N) is 2. The number of aldehydes is 1. The Kier molecular flexibility index (Phi) is 9.56. The quantitative estimate of drug-likeness (QED) is 0.218. The smallest absolute Gasteiger partial charge is 0.303 e. The van der Waals surface area contributed by atoms with E-state index >= 15 is 0 Å². The molecule has 0 aromatic heterocycles. The maximum Gasteiger partial charge on any atom is 0.303 e. The fourth-order valence-electron chi connectivity index (χ4n) is 4.29. The van der Waals surface area contributed by atoms with Gasteiger partial charge in [0.05, 0.1) is 0 Å². The van der Waals surface area contributed by atoms with Crippen molar-refractivity contribution in [1.29, 1.82) is 0 Å². The van der Waals surface area contributed by atoms with E-state index in [-0.39, 0.29) is 12.8 Å². The average molecular weight is 535 g/mol. The second kappa shape index (κ2) is 13.7. The van der Waals surface area contributed by atoms with Gasteiger partial charge in [0.15, 0.2) is 0 Å². The number of hydrogen-bond donors (Lipinski definition) is 3. The van der Waals surface area contributed by atoms with Crippen molar-refractivity contribution in [3.63, 3.8) is 0 Å². The molecule has 7 nitrogen and oxygen atoms in total. The second-order valence-electron chi connectivity index (χ2n) is 9.38. The molecule has 0 saturated heterocycles. The molecule has 0 bridgehead atoms. The Morgan fingerprint density at radius 3 is 1.85 bits per heavy atom. The number of carboxylic acid groups (broad SMARTS) is 1. The minimum atomic E-state index is -1.04. The topological polar surface area (TPSA) is 113 Å². The summed E-state index contributed by atoms with van der Waals surface area (Å²) in [6, 6.07) is 31.0. The summed E-state index contributed by atoms with van der Waals surface area (Å²) >= 11 is 0. The third-order valence-electron chi connectivity index (χ3n) is 6.57. The molecule has 3 N–H and O–H groups in total. The van der Waals surface area contributed by atoms with Crippen LogP contribution in [0.3, 0.4) is 0 Å². The molecule has 2 amide bonds. The van der Waals surface area contributed by atoms with Gasteiger partial charge >= 0.3 is 5.97 Å². The van der Waals surface area contributed by atoms with Crippen molar-refractivity contribution in [1.82, 2.24) is 10.6 Å². The van der Waals surface area contributed by atoms with Crippen molar-refractivity contribution in [2.45, 2.75) is 25.3 Å². The van der Waals surface area contributed by atoms with E-state index in [4.69, 9.17) is 5.11 Å². The number of amides is 2. The second-order valence-corrected chi connectivity index (χ2v) is 9.38. The molecule has 4 aromatic carbocycles. The van der Waals surface area contributed by atoms with Gasteiger partial charge in [0.25, 0.3) is 5.91 Å². The summed E-state index contributed by atoms with van der Waals surface area (Å²) in [6.45, 7) is 0.331. The molecule has 1 atom stereocenters. The van der Waals surface area contributed by atoms with E-state index < -0.39 is 23.8 Å². The van der Waals surface area contributed by atoms with Gasteiger partial charge in [-0.25, -0.2) is 0 Å². The monoisotopic (exact) mass is 534 g/mol. The highest BCUT2D eigenvalue weighted by atomic mass is 16.4. The molecule has 0 saturated carbocycles. The molecule has 0 heterocycles. The van der Waals surface area contributed by atoms with E-state index in [0.717, 1.165) is 34.1 Å². The molecular formula is C33H30N2O5. The zero-order valence-corrected chi connectivity index (χ0v) is 21.9. The third kappa shape index (κ3) is 7.74. The normalized spacial score (nSPS) is 11.3. The lowest BCUT2D eigenvalue weighted by molar-refractivity contribution is -0.137. The third-order valence-corrected chi connectivity index (χ3v) is 6.57. The zero-order valence-electron chi connectivity index (χ0n) is 21.9. The van der Waals surface area contributed by atoms with Crippen LogP contribution in [0.25, 0.3) is 22.3 Å². The van der Waals surface area contributed by atoms with Crippen LogP contribution in [-0.4, -0.2) is 41.8 Å². The number of rotatable bonds is 12. The van der Waals surface area contributed by atoms with Crippen molar-refractivity contribution in [2.75, 3.05) is 6.54 Å². The van der Waals surface area contributed by atoms with Crippen LogP contribution in [0.15, 0.2) is 103 Å². The maximum absolute atomic E-state index is 12.9. The number of carbonyl (C=O) groups is 4. The summed E-state index contributed by atoms with van der Waals surface area (Å²) in [4.78, 5) is 47.8. The van der Waals surface area contributed by atoms with E-state index in [0.29, 0.717) is 24.1 Å². The lowest BCUT2D eigenvalue weighted by Gasteiger charge is -2.18. The molecule has 202 valence electrons. The Labute approximate surface area is 232 Å². The summed E-state index contributed by atoms with van der Waals surface area (Å²) in [7, 11) is 0. The molecule has 0 aliphatic rings. The Bertz CT molecular complexity index is 1450. The molecule has 4 aromatic rings. The predicted molar refractivity (Wildman–Crippen MR) is 154 cm³/mol. The largest absolute Gasteiger partial charge is 0.481 e. The highest BCUT2D eigenvalue weighted by molar-refractivity contribution is 5.98. The standard InChI is InChI=1S/C33H30N2O5/c36-22-24-8-12-27(13-9-24)26-10-6-23(7-11-26)20-21-34-33(40)30(18-19-31(37)38)35-32(39)29-16-14-28(15-17-29)25-4-2-1-3-5-25/h1-17,22,30H,18-21H2,(H,34,40)(H,35,39)(H,37,38)/t30-/m0/s1. The van der Waals surface area contributed by atoms with Crippen LogP contribution >= 0.6 is 0 Å². The van der Waals surface area contributed by atoms with Crippen LogP contribution in [0.1, 0.15) is 39.1 Å². The fraction of sp³-hybridized carbons (Fsp3) is 0.152. The van der Waals surface area contributed by atoms with Gasteiger partial charge in [0, 0.05) is 24.1 Å². The van der Waals surface area contributed by atoms with Gasteiger partial charge in [-0.05, 0) is 52.8 Å². The first-order valence-electron chi connectivity index (χ1n) is 13.0. The molecule has 0 aliphatic carbocycles. The van der Waals surface area contributed by atoms with E-state index in [2.05, 4.69) is 10.6 Å². The van der Waals surface area contributed by atoms with Gasteiger partial charge < -0.3 is 15.7 Å². The van der Waals surface area contributed by atoms with Crippen molar-refractivity contribution in [3.05, 3.63) is 120 Å². The lowest BCUT2D eigenvalue weighted by atomic mass is 10.0. The number of hydrogen-bond acceptors (Lipinski definition) is 4. The summed E-state index contributed by atoms with van der Waals surface area (Å²) in [5.41, 5.74) is 6.01. The maximum atomic E-state index is 12.9. The van der Waals surface area contributed by atoms with Gasteiger partial charge in [0.2, 0.25) is 5.91 Å². The molecule has 0 fully saturated rings. The van der Waals surface area contributed by atoms with Crippen molar-refractivity contribution >= 4 is 24.1 Å². The molecule has 0 unspecified atom stereocenters. The minimum absolute atomic E-state index is 0.0212. The fourth-order valence-corrected chi connectivity index (χ4v) is 4.29. The van der Waals surface area contributed by atoms with Crippen LogP contribution in [0.2, 0.25) is 0 Å². The Morgan fingerprint density at radius 2 is 1.27 bits per heavy atom. The number of aliphatic carboxylic acids is 1. The lowest BCUT2D eigenvalue weighted by Crippen LogP contribution is -2.47. The molecule has 4 rings (SSSR count). The Morgan fingerprint density at radius 1 is 0.725 bits per heavy atom. The Hall–Kier alpha value is -5.04.